The summed E-state index contributed by atoms with van der Waals surface area (Å²) in [7, 11) is 1.97. The molecule has 1 aromatic carbocycles. The fraction of sp³-hybridized carbons (Fsp3) is 0.500. The molecular formula is C14H20ClN3O. The highest BCUT2D eigenvalue weighted by Gasteiger charge is 2.22. The number of primary amides is 1. The zero-order valence-corrected chi connectivity index (χ0v) is 11.9. The van der Waals surface area contributed by atoms with Crippen LogP contribution in [0.1, 0.15) is 23.2 Å². The third kappa shape index (κ3) is 3.39. The van der Waals surface area contributed by atoms with Crippen molar-refractivity contribution in [3.05, 3.63) is 28.8 Å². The van der Waals surface area contributed by atoms with E-state index in [1.165, 1.54) is 6.42 Å². The van der Waals surface area contributed by atoms with Crippen molar-refractivity contribution in [2.45, 2.75) is 12.8 Å². The maximum absolute atomic E-state index is 11.5. The molecule has 0 spiro atoms. The molecule has 1 saturated heterocycles. The molecule has 4 nitrogen and oxygen atoms in total. The first-order valence-electron chi connectivity index (χ1n) is 6.60. The van der Waals surface area contributed by atoms with Crippen molar-refractivity contribution in [1.82, 2.24) is 5.32 Å². The van der Waals surface area contributed by atoms with Crippen LogP contribution in [0.25, 0.3) is 0 Å². The van der Waals surface area contributed by atoms with Crippen molar-refractivity contribution < 1.29 is 4.79 Å². The van der Waals surface area contributed by atoms with Gasteiger partial charge in [-0.05, 0) is 50.6 Å². The van der Waals surface area contributed by atoms with E-state index < -0.39 is 5.91 Å². The second kappa shape index (κ2) is 6.26. The second-order valence-corrected chi connectivity index (χ2v) is 5.47. The van der Waals surface area contributed by atoms with Crippen molar-refractivity contribution in [2.24, 2.45) is 11.7 Å². The summed E-state index contributed by atoms with van der Waals surface area (Å²) in [5, 5.41) is 3.85. The molecule has 1 aliphatic heterocycles. The minimum absolute atomic E-state index is 0.401. The van der Waals surface area contributed by atoms with E-state index in [1.807, 2.05) is 13.1 Å². The van der Waals surface area contributed by atoms with Crippen molar-refractivity contribution in [1.29, 1.82) is 0 Å². The summed E-state index contributed by atoms with van der Waals surface area (Å²) in [5.74, 6) is 0.195. The topological polar surface area (TPSA) is 58.4 Å². The van der Waals surface area contributed by atoms with Gasteiger partial charge >= 0.3 is 0 Å². The van der Waals surface area contributed by atoms with Crippen LogP contribution in [0.15, 0.2) is 18.2 Å². The molecule has 1 heterocycles. The number of halogens is 1. The molecule has 1 amide bonds. The average molecular weight is 282 g/mol. The summed E-state index contributed by atoms with van der Waals surface area (Å²) < 4.78 is 0. The minimum Gasteiger partial charge on any atom is -0.371 e. The first-order chi connectivity index (χ1) is 9.11. The lowest BCUT2D eigenvalue weighted by Gasteiger charge is -2.35. The summed E-state index contributed by atoms with van der Waals surface area (Å²) in [4.78, 5) is 13.7. The van der Waals surface area contributed by atoms with Crippen molar-refractivity contribution >= 4 is 23.2 Å². The maximum atomic E-state index is 11.5. The van der Waals surface area contributed by atoms with Crippen LogP contribution in [-0.2, 0) is 0 Å². The Bertz CT molecular complexity index is 462. The molecule has 0 saturated carbocycles. The Morgan fingerprint density at radius 3 is 3.05 bits per heavy atom. The SMILES string of the molecule is CNCC1CCCN(c2cc(Cl)ccc2C(N)=O)C1. The summed E-state index contributed by atoms with van der Waals surface area (Å²) in [6, 6.07) is 5.26. The van der Waals surface area contributed by atoms with Crippen molar-refractivity contribution in [2.75, 3.05) is 31.6 Å². The summed E-state index contributed by atoms with van der Waals surface area (Å²) >= 11 is 6.05. The standard InChI is InChI=1S/C14H20ClN3O/c1-17-8-10-3-2-6-18(9-10)13-7-11(15)4-5-12(13)14(16)19/h4-5,7,10,17H,2-3,6,8-9H2,1H3,(H2,16,19). The smallest absolute Gasteiger partial charge is 0.250 e. The van der Waals surface area contributed by atoms with Gasteiger partial charge in [0.15, 0.2) is 0 Å². The maximum Gasteiger partial charge on any atom is 0.250 e. The molecule has 104 valence electrons. The van der Waals surface area contributed by atoms with E-state index in [0.29, 0.717) is 16.5 Å². The Balaban J connectivity index is 2.24. The normalized spacial score (nSPS) is 19.5. The van der Waals surface area contributed by atoms with Crippen LogP contribution in [0, 0.1) is 5.92 Å². The predicted octanol–water partition coefficient (Wildman–Crippen LogP) is 1.87. The molecule has 5 heteroatoms. The van der Waals surface area contributed by atoms with E-state index in [0.717, 1.165) is 31.7 Å². The number of hydrogen-bond acceptors (Lipinski definition) is 3. The molecule has 0 bridgehead atoms. The zero-order chi connectivity index (χ0) is 13.8. The molecule has 1 unspecified atom stereocenters. The first-order valence-corrected chi connectivity index (χ1v) is 6.98. The molecule has 2 rings (SSSR count). The quantitative estimate of drug-likeness (QED) is 0.886. The van der Waals surface area contributed by atoms with Gasteiger partial charge in [-0.3, -0.25) is 4.79 Å². The van der Waals surface area contributed by atoms with Crippen LogP contribution in [0.5, 0.6) is 0 Å². The highest BCUT2D eigenvalue weighted by molar-refractivity contribution is 6.31. The van der Waals surface area contributed by atoms with Crippen LogP contribution in [0.3, 0.4) is 0 Å². The number of piperidine rings is 1. The van der Waals surface area contributed by atoms with E-state index in [2.05, 4.69) is 10.2 Å². The number of carbonyl (C=O) groups is 1. The van der Waals surface area contributed by atoms with E-state index in [1.54, 1.807) is 12.1 Å². The highest BCUT2D eigenvalue weighted by atomic mass is 35.5. The number of nitrogens with one attached hydrogen (secondary N) is 1. The van der Waals surface area contributed by atoms with E-state index in [4.69, 9.17) is 17.3 Å². The fourth-order valence-electron chi connectivity index (χ4n) is 2.71. The number of carbonyl (C=O) groups excluding carboxylic acids is 1. The van der Waals surface area contributed by atoms with Crippen LogP contribution in [0.2, 0.25) is 5.02 Å². The van der Waals surface area contributed by atoms with Gasteiger partial charge in [0.25, 0.3) is 5.91 Å². The Morgan fingerprint density at radius 1 is 1.58 bits per heavy atom. The largest absolute Gasteiger partial charge is 0.371 e. The number of hydrogen-bond donors (Lipinski definition) is 2. The number of nitrogens with zero attached hydrogens (tertiary/aromatic N) is 1. The molecule has 1 fully saturated rings. The zero-order valence-electron chi connectivity index (χ0n) is 11.2. The second-order valence-electron chi connectivity index (χ2n) is 5.04. The molecule has 1 atom stereocenters. The van der Waals surface area contributed by atoms with Crippen molar-refractivity contribution in [3.8, 4) is 0 Å². The van der Waals surface area contributed by atoms with Gasteiger partial charge in [0.05, 0.1) is 11.3 Å². The van der Waals surface area contributed by atoms with E-state index in [-0.39, 0.29) is 0 Å². The van der Waals surface area contributed by atoms with Crippen LogP contribution in [0.4, 0.5) is 5.69 Å². The third-order valence-corrected chi connectivity index (χ3v) is 3.81. The molecule has 19 heavy (non-hydrogen) atoms. The highest BCUT2D eigenvalue weighted by Crippen LogP contribution is 2.28. The number of rotatable bonds is 4. The van der Waals surface area contributed by atoms with Gasteiger partial charge in [0.2, 0.25) is 0 Å². The number of anilines is 1. The van der Waals surface area contributed by atoms with E-state index >= 15 is 0 Å². The number of benzene rings is 1. The first kappa shape index (κ1) is 14.2. The van der Waals surface area contributed by atoms with Gasteiger partial charge in [-0.2, -0.15) is 0 Å². The van der Waals surface area contributed by atoms with Crippen LogP contribution < -0.4 is 16.0 Å². The van der Waals surface area contributed by atoms with Gasteiger partial charge in [-0.25, -0.2) is 0 Å². The van der Waals surface area contributed by atoms with Crippen LogP contribution in [-0.4, -0.2) is 32.6 Å². The summed E-state index contributed by atoms with van der Waals surface area (Å²) in [6.45, 7) is 2.87. The molecule has 0 aliphatic carbocycles. The molecular weight excluding hydrogens is 262 g/mol. The molecule has 3 N–H and O–H groups in total. The van der Waals surface area contributed by atoms with Gasteiger partial charge in [-0.15, -0.1) is 0 Å². The molecule has 1 aromatic rings. The van der Waals surface area contributed by atoms with E-state index in [9.17, 15) is 4.79 Å². The fourth-order valence-corrected chi connectivity index (χ4v) is 2.88. The summed E-state index contributed by atoms with van der Waals surface area (Å²) in [5.41, 5.74) is 6.86. The number of amides is 1. The Kier molecular flexibility index (Phi) is 4.66. The molecule has 1 aliphatic rings. The number of nitrogens with two attached hydrogens (primary N) is 1. The molecule has 0 aromatic heterocycles. The minimum atomic E-state index is -0.401. The Labute approximate surface area is 118 Å². The lowest BCUT2D eigenvalue weighted by atomic mass is 9.96. The lowest BCUT2D eigenvalue weighted by Crippen LogP contribution is -2.40. The lowest BCUT2D eigenvalue weighted by molar-refractivity contribution is 0.100. The Hall–Kier alpha value is -1.26. The summed E-state index contributed by atoms with van der Waals surface area (Å²) in [6.07, 6.45) is 2.33. The molecule has 0 radical (unpaired) electrons. The Morgan fingerprint density at radius 2 is 2.37 bits per heavy atom. The van der Waals surface area contributed by atoms with Gasteiger partial charge < -0.3 is 16.0 Å². The van der Waals surface area contributed by atoms with Gasteiger partial charge in [-0.1, -0.05) is 11.6 Å². The average Bonchev–Trinajstić information content (AvgIpc) is 2.39. The van der Waals surface area contributed by atoms with Crippen LogP contribution >= 0.6 is 11.6 Å². The predicted molar refractivity (Wildman–Crippen MR) is 78.8 cm³/mol. The van der Waals surface area contributed by atoms with Gasteiger partial charge in [0.1, 0.15) is 0 Å². The third-order valence-electron chi connectivity index (χ3n) is 3.58. The van der Waals surface area contributed by atoms with Crippen molar-refractivity contribution in [3.63, 3.8) is 0 Å². The van der Waals surface area contributed by atoms with Gasteiger partial charge in [0, 0.05) is 18.1 Å². The monoisotopic (exact) mass is 281 g/mol.